The minimum Gasteiger partial charge on any atom is -0.395 e. The number of hydrogen-bond donors (Lipinski definition) is 1. The normalized spacial score (nSPS) is 14.4. The van der Waals surface area contributed by atoms with Crippen LogP contribution in [0.15, 0.2) is 48.8 Å². The molecule has 2 aromatic heterocycles. The minimum atomic E-state index is -3.77. The van der Waals surface area contributed by atoms with Crippen LogP contribution in [0.25, 0.3) is 11.1 Å². The van der Waals surface area contributed by atoms with E-state index in [2.05, 4.69) is 24.8 Å². The van der Waals surface area contributed by atoms with Gasteiger partial charge in [0.2, 0.25) is 0 Å². The number of hydrogen-bond acceptors (Lipinski definition) is 5. The molecule has 1 aliphatic rings. The Balaban J connectivity index is 1.50. The van der Waals surface area contributed by atoms with Gasteiger partial charge in [0.1, 0.15) is 11.5 Å². The second kappa shape index (κ2) is 7.38. The molecule has 4 rings (SSSR count). The van der Waals surface area contributed by atoms with Crippen molar-refractivity contribution in [2.24, 2.45) is 0 Å². The Labute approximate surface area is 177 Å². The van der Waals surface area contributed by atoms with Gasteiger partial charge in [-0.05, 0) is 30.3 Å². The van der Waals surface area contributed by atoms with Crippen molar-refractivity contribution in [2.75, 3.05) is 5.32 Å². The zero-order valence-electron chi connectivity index (χ0n) is 15.6. The number of pyridine rings is 2. The van der Waals surface area contributed by atoms with Gasteiger partial charge in [-0.15, -0.1) is 8.78 Å². The molecule has 1 aliphatic heterocycles. The van der Waals surface area contributed by atoms with Gasteiger partial charge in [-0.3, -0.25) is 9.78 Å². The van der Waals surface area contributed by atoms with Crippen LogP contribution in [0.5, 0.6) is 11.5 Å². The number of benzene rings is 1. The van der Waals surface area contributed by atoms with Crippen molar-refractivity contribution in [1.82, 2.24) is 9.97 Å². The van der Waals surface area contributed by atoms with Crippen molar-refractivity contribution in [3.05, 3.63) is 65.1 Å². The van der Waals surface area contributed by atoms with E-state index < -0.39 is 23.8 Å². The Morgan fingerprint density at radius 3 is 2.35 bits per heavy atom. The number of aromatic nitrogens is 2. The molecule has 0 saturated heterocycles. The third-order valence-electron chi connectivity index (χ3n) is 4.28. The lowest BCUT2D eigenvalue weighted by Crippen LogP contribution is -2.25. The summed E-state index contributed by atoms with van der Waals surface area (Å²) < 4.78 is 61.6. The molecule has 0 fully saturated rings. The van der Waals surface area contributed by atoms with E-state index in [9.17, 15) is 22.4 Å². The fourth-order valence-corrected chi connectivity index (χ4v) is 3.06. The number of alkyl halides is 4. The summed E-state index contributed by atoms with van der Waals surface area (Å²) in [5.41, 5.74) is 0.455. The summed E-state index contributed by atoms with van der Waals surface area (Å²) in [4.78, 5) is 20.0. The minimum absolute atomic E-state index is 0.0682. The zero-order valence-corrected chi connectivity index (χ0v) is 16.4. The number of halogens is 5. The van der Waals surface area contributed by atoms with Crippen LogP contribution in [0.2, 0.25) is 5.02 Å². The highest BCUT2D eigenvalue weighted by Gasteiger charge is 2.43. The molecular formula is C20H12ClF4N3O3. The van der Waals surface area contributed by atoms with E-state index in [-0.39, 0.29) is 27.9 Å². The van der Waals surface area contributed by atoms with Crippen LogP contribution in [0.1, 0.15) is 23.0 Å². The Hall–Kier alpha value is -3.40. The van der Waals surface area contributed by atoms with Crippen molar-refractivity contribution in [3.63, 3.8) is 0 Å². The van der Waals surface area contributed by atoms with E-state index in [1.807, 2.05) is 0 Å². The highest BCUT2D eigenvalue weighted by Crippen LogP contribution is 2.46. The number of rotatable bonds is 4. The molecule has 1 N–H and O–H groups in total. The fraction of sp³-hybridized carbons (Fsp3) is 0.150. The second-order valence-electron chi connectivity index (χ2n) is 6.65. The monoisotopic (exact) mass is 453 g/mol. The topological polar surface area (TPSA) is 73.3 Å². The van der Waals surface area contributed by atoms with E-state index in [1.54, 1.807) is 6.07 Å². The summed E-state index contributed by atoms with van der Waals surface area (Å²) in [6.07, 6.45) is -1.36. The number of nitrogens with one attached hydrogen (secondary N) is 1. The van der Waals surface area contributed by atoms with Crippen LogP contribution >= 0.6 is 11.6 Å². The number of ether oxygens (including phenoxy) is 2. The zero-order chi connectivity index (χ0) is 22.4. The van der Waals surface area contributed by atoms with E-state index in [1.165, 1.54) is 30.5 Å². The first-order valence-electron chi connectivity index (χ1n) is 8.73. The average molecular weight is 454 g/mol. The third kappa shape index (κ3) is 4.38. The van der Waals surface area contributed by atoms with Gasteiger partial charge < -0.3 is 14.8 Å². The Morgan fingerprint density at radius 2 is 1.77 bits per heavy atom. The van der Waals surface area contributed by atoms with Crippen molar-refractivity contribution in [2.45, 2.75) is 19.1 Å². The summed E-state index contributed by atoms with van der Waals surface area (Å²) in [5.74, 6) is -3.89. The number of carbonyl (C=O) groups is 1. The first-order valence-corrected chi connectivity index (χ1v) is 9.11. The van der Waals surface area contributed by atoms with E-state index in [0.29, 0.717) is 18.1 Å². The van der Waals surface area contributed by atoms with Crippen molar-refractivity contribution in [1.29, 1.82) is 0 Å². The average Bonchev–Trinajstić information content (AvgIpc) is 3.00. The smallest absolute Gasteiger partial charge is 0.395 e. The van der Waals surface area contributed by atoms with Gasteiger partial charge in [-0.2, -0.15) is 8.78 Å². The van der Waals surface area contributed by atoms with E-state index in [4.69, 9.17) is 11.6 Å². The molecule has 0 bridgehead atoms. The molecule has 0 atom stereocenters. The number of amides is 1. The molecule has 160 valence electrons. The van der Waals surface area contributed by atoms with Gasteiger partial charge in [0.25, 0.3) is 11.8 Å². The van der Waals surface area contributed by atoms with Crippen LogP contribution < -0.4 is 14.8 Å². The lowest BCUT2D eigenvalue weighted by atomic mass is 10.1. The Morgan fingerprint density at radius 1 is 1.06 bits per heavy atom. The lowest BCUT2D eigenvalue weighted by molar-refractivity contribution is -0.286. The largest absolute Gasteiger partial charge is 0.586 e. The first kappa shape index (κ1) is 20.9. The van der Waals surface area contributed by atoms with E-state index in [0.717, 1.165) is 12.3 Å². The molecule has 1 amide bonds. The molecule has 0 saturated carbocycles. The standard InChI is InChI=1S/C20H12ClF4N3O3/c1-19(22,23)16-4-2-11(9-26-16)18(29)28-17-5-3-10(8-27-17)12-6-14-15(7-13(12)21)31-20(24,25)30-14/h2-9H,1H3,(H,27,28,29). The highest BCUT2D eigenvalue weighted by molar-refractivity contribution is 6.33. The van der Waals surface area contributed by atoms with Gasteiger partial charge in [-0.1, -0.05) is 11.6 Å². The summed E-state index contributed by atoms with van der Waals surface area (Å²) >= 11 is 6.15. The van der Waals surface area contributed by atoms with Crippen molar-refractivity contribution >= 4 is 23.3 Å². The quantitative estimate of drug-likeness (QED) is 0.529. The van der Waals surface area contributed by atoms with Crippen LogP contribution in [0, 0.1) is 0 Å². The summed E-state index contributed by atoms with van der Waals surface area (Å²) in [5, 5.41) is 2.64. The SMILES string of the molecule is CC(F)(F)c1ccc(C(=O)Nc2ccc(-c3cc4c(cc3Cl)OC(F)(F)O4)cn2)cn1. The van der Waals surface area contributed by atoms with Gasteiger partial charge in [-0.25, -0.2) is 4.98 Å². The first-order chi connectivity index (χ1) is 14.5. The van der Waals surface area contributed by atoms with Crippen molar-refractivity contribution in [3.8, 4) is 22.6 Å². The maximum Gasteiger partial charge on any atom is 0.586 e. The van der Waals surface area contributed by atoms with E-state index >= 15 is 0 Å². The van der Waals surface area contributed by atoms with Crippen molar-refractivity contribution < 1.29 is 31.8 Å². The molecule has 11 heteroatoms. The molecular weight excluding hydrogens is 442 g/mol. The Bertz CT molecular complexity index is 1150. The van der Waals surface area contributed by atoms with Gasteiger partial charge in [0, 0.05) is 36.5 Å². The van der Waals surface area contributed by atoms with Crippen LogP contribution in [-0.2, 0) is 5.92 Å². The number of fused-ring (bicyclic) bond motifs is 1. The van der Waals surface area contributed by atoms with Gasteiger partial charge >= 0.3 is 6.29 Å². The lowest BCUT2D eigenvalue weighted by Gasteiger charge is -2.10. The predicted molar refractivity (Wildman–Crippen MR) is 103 cm³/mol. The molecule has 0 aliphatic carbocycles. The number of anilines is 1. The highest BCUT2D eigenvalue weighted by atomic mass is 35.5. The number of nitrogens with zero attached hydrogens (tertiary/aromatic N) is 2. The van der Waals surface area contributed by atoms with Crippen LogP contribution in [0.3, 0.4) is 0 Å². The predicted octanol–water partition coefficient (Wildman–Crippen LogP) is 5.48. The summed E-state index contributed by atoms with van der Waals surface area (Å²) in [7, 11) is 0. The van der Waals surface area contributed by atoms with Crippen LogP contribution in [-0.4, -0.2) is 22.2 Å². The molecule has 6 nitrogen and oxygen atoms in total. The molecule has 1 aromatic carbocycles. The fourth-order valence-electron chi connectivity index (χ4n) is 2.80. The summed E-state index contributed by atoms with van der Waals surface area (Å²) in [6, 6.07) is 7.82. The van der Waals surface area contributed by atoms with Gasteiger partial charge in [0.05, 0.1) is 10.6 Å². The second-order valence-corrected chi connectivity index (χ2v) is 7.06. The molecule has 3 heterocycles. The Kier molecular flexibility index (Phi) is 4.97. The van der Waals surface area contributed by atoms with Gasteiger partial charge in [0.15, 0.2) is 11.5 Å². The summed E-state index contributed by atoms with van der Waals surface area (Å²) in [6.45, 7) is 0.707. The maximum atomic E-state index is 13.2. The van der Waals surface area contributed by atoms with Crippen LogP contribution in [0.4, 0.5) is 23.4 Å². The molecule has 0 radical (unpaired) electrons. The molecule has 0 unspecified atom stereocenters. The maximum absolute atomic E-state index is 13.2. The molecule has 3 aromatic rings. The molecule has 31 heavy (non-hydrogen) atoms. The third-order valence-corrected chi connectivity index (χ3v) is 4.60. The molecule has 0 spiro atoms. The number of carbonyl (C=O) groups excluding carboxylic acids is 1.